The van der Waals surface area contributed by atoms with E-state index in [0.717, 1.165) is 30.8 Å². The Morgan fingerprint density at radius 1 is 1.50 bits per heavy atom. The van der Waals surface area contributed by atoms with Gasteiger partial charge in [-0.05, 0) is 49.6 Å². The summed E-state index contributed by atoms with van der Waals surface area (Å²) < 4.78 is 19.3. The number of ether oxygens (including phenoxy) is 1. The molecule has 2 fully saturated rings. The van der Waals surface area contributed by atoms with Crippen molar-refractivity contribution in [3.8, 4) is 0 Å². The highest BCUT2D eigenvalue weighted by atomic mass is 32.2. The van der Waals surface area contributed by atoms with E-state index in [-0.39, 0.29) is 17.5 Å². The number of hydrogen-bond donors (Lipinski definition) is 1. The summed E-state index contributed by atoms with van der Waals surface area (Å²) >= 11 is 2.00. The highest BCUT2D eigenvalue weighted by Crippen LogP contribution is 2.38. The Balaban J connectivity index is 1.62. The summed E-state index contributed by atoms with van der Waals surface area (Å²) in [6.07, 6.45) is 3.30. The van der Waals surface area contributed by atoms with Gasteiger partial charge >= 0.3 is 0 Å². The molecule has 0 aromatic heterocycles. The van der Waals surface area contributed by atoms with Crippen molar-refractivity contribution in [2.75, 3.05) is 18.1 Å². The van der Waals surface area contributed by atoms with Crippen LogP contribution in [0.1, 0.15) is 37.8 Å². The van der Waals surface area contributed by atoms with E-state index < -0.39 is 0 Å². The third-order valence-corrected chi connectivity index (χ3v) is 5.62. The topological polar surface area (TPSA) is 21.3 Å². The van der Waals surface area contributed by atoms with Crippen molar-refractivity contribution in [1.82, 2.24) is 5.32 Å². The van der Waals surface area contributed by atoms with E-state index >= 15 is 0 Å². The Morgan fingerprint density at radius 3 is 3.15 bits per heavy atom. The zero-order chi connectivity index (χ0) is 14.0. The van der Waals surface area contributed by atoms with Gasteiger partial charge in [0, 0.05) is 24.4 Å². The zero-order valence-electron chi connectivity index (χ0n) is 11.9. The van der Waals surface area contributed by atoms with Crippen molar-refractivity contribution in [1.29, 1.82) is 0 Å². The molecule has 0 bridgehead atoms. The monoisotopic (exact) mass is 295 g/mol. The Hall–Kier alpha value is -0.580. The SMILES string of the molecule is C[C@@H](NC1CCOC2(CCSC2)C1)c1cccc(F)c1. The molecule has 110 valence electrons. The first kappa shape index (κ1) is 14.4. The fourth-order valence-electron chi connectivity index (χ4n) is 3.26. The Kier molecular flexibility index (Phi) is 4.34. The summed E-state index contributed by atoms with van der Waals surface area (Å²) in [6, 6.07) is 7.54. The van der Waals surface area contributed by atoms with Gasteiger partial charge in [0.05, 0.1) is 5.60 Å². The number of benzene rings is 1. The average Bonchev–Trinajstić information content (AvgIpc) is 2.87. The van der Waals surface area contributed by atoms with E-state index in [4.69, 9.17) is 4.74 Å². The summed E-state index contributed by atoms with van der Waals surface area (Å²) in [4.78, 5) is 0. The predicted octanol–water partition coefficient (Wildman–Crippen LogP) is 3.53. The van der Waals surface area contributed by atoms with Crippen molar-refractivity contribution < 1.29 is 9.13 Å². The summed E-state index contributed by atoms with van der Waals surface area (Å²) in [5, 5.41) is 3.66. The van der Waals surface area contributed by atoms with Crippen molar-refractivity contribution in [3.05, 3.63) is 35.6 Å². The van der Waals surface area contributed by atoms with Crippen LogP contribution in [-0.4, -0.2) is 29.8 Å². The van der Waals surface area contributed by atoms with Crippen LogP contribution in [0.2, 0.25) is 0 Å². The predicted molar refractivity (Wildman–Crippen MR) is 81.6 cm³/mol. The van der Waals surface area contributed by atoms with E-state index in [1.807, 2.05) is 17.8 Å². The van der Waals surface area contributed by atoms with Gasteiger partial charge in [-0.2, -0.15) is 11.8 Å². The normalized spacial score (nSPS) is 31.6. The van der Waals surface area contributed by atoms with Crippen LogP contribution < -0.4 is 5.32 Å². The van der Waals surface area contributed by atoms with E-state index in [9.17, 15) is 4.39 Å². The zero-order valence-corrected chi connectivity index (χ0v) is 12.7. The number of rotatable bonds is 3. The molecule has 2 aliphatic rings. The fourth-order valence-corrected chi connectivity index (χ4v) is 4.64. The number of thioether (sulfide) groups is 1. The molecule has 2 unspecified atom stereocenters. The van der Waals surface area contributed by atoms with E-state index in [2.05, 4.69) is 12.2 Å². The molecule has 20 heavy (non-hydrogen) atoms. The van der Waals surface area contributed by atoms with Crippen LogP contribution in [0.15, 0.2) is 24.3 Å². The van der Waals surface area contributed by atoms with Gasteiger partial charge in [0.15, 0.2) is 0 Å². The maximum absolute atomic E-state index is 13.3. The van der Waals surface area contributed by atoms with Crippen LogP contribution in [0, 0.1) is 5.82 Å². The lowest BCUT2D eigenvalue weighted by molar-refractivity contribution is -0.0711. The van der Waals surface area contributed by atoms with Crippen LogP contribution in [-0.2, 0) is 4.74 Å². The molecular weight excluding hydrogens is 273 g/mol. The van der Waals surface area contributed by atoms with Crippen molar-refractivity contribution in [2.24, 2.45) is 0 Å². The molecule has 0 radical (unpaired) electrons. The van der Waals surface area contributed by atoms with E-state index in [0.29, 0.717) is 6.04 Å². The highest BCUT2D eigenvalue weighted by molar-refractivity contribution is 7.99. The Labute approximate surface area is 124 Å². The third-order valence-electron chi connectivity index (χ3n) is 4.39. The molecule has 1 aromatic carbocycles. The first-order valence-electron chi connectivity index (χ1n) is 7.40. The standard InChI is InChI=1S/C16H22FNOS/c1-12(13-3-2-4-14(17)9-13)18-15-5-7-19-16(10-15)6-8-20-11-16/h2-4,9,12,15,18H,5-8,10-11H2,1H3/t12-,15?,16?/m1/s1. The molecule has 2 nitrogen and oxygen atoms in total. The van der Waals surface area contributed by atoms with Gasteiger partial charge in [-0.1, -0.05) is 12.1 Å². The van der Waals surface area contributed by atoms with Crippen molar-refractivity contribution >= 4 is 11.8 Å². The molecule has 4 heteroatoms. The first-order chi connectivity index (χ1) is 9.67. The van der Waals surface area contributed by atoms with Crippen LogP contribution in [0.25, 0.3) is 0 Å². The second-order valence-electron chi connectivity index (χ2n) is 5.97. The van der Waals surface area contributed by atoms with Crippen LogP contribution in [0.4, 0.5) is 4.39 Å². The molecule has 3 atom stereocenters. The van der Waals surface area contributed by atoms with Crippen molar-refractivity contribution in [2.45, 2.75) is 43.9 Å². The summed E-state index contributed by atoms with van der Waals surface area (Å²) in [7, 11) is 0. The van der Waals surface area contributed by atoms with Crippen LogP contribution in [0.5, 0.6) is 0 Å². The summed E-state index contributed by atoms with van der Waals surface area (Å²) in [6.45, 7) is 2.95. The minimum absolute atomic E-state index is 0.0994. The molecule has 2 saturated heterocycles. The smallest absolute Gasteiger partial charge is 0.123 e. The second-order valence-corrected chi connectivity index (χ2v) is 7.07. The lowest BCUT2D eigenvalue weighted by atomic mass is 9.89. The van der Waals surface area contributed by atoms with Gasteiger partial charge < -0.3 is 10.1 Å². The minimum atomic E-state index is -0.160. The molecule has 1 spiro atoms. The molecule has 0 amide bonds. The maximum Gasteiger partial charge on any atom is 0.123 e. The molecular formula is C16H22FNOS. The van der Waals surface area contributed by atoms with Gasteiger partial charge in [0.2, 0.25) is 0 Å². The number of halogens is 1. The van der Waals surface area contributed by atoms with Gasteiger partial charge in [0.1, 0.15) is 5.82 Å². The average molecular weight is 295 g/mol. The summed E-state index contributed by atoms with van der Waals surface area (Å²) in [5.74, 6) is 2.18. The maximum atomic E-state index is 13.3. The Morgan fingerprint density at radius 2 is 2.40 bits per heavy atom. The quantitative estimate of drug-likeness (QED) is 0.922. The van der Waals surface area contributed by atoms with Gasteiger partial charge in [0.25, 0.3) is 0 Å². The molecule has 1 N–H and O–H groups in total. The second kappa shape index (κ2) is 6.04. The van der Waals surface area contributed by atoms with Gasteiger partial charge in [-0.3, -0.25) is 0 Å². The minimum Gasteiger partial charge on any atom is -0.374 e. The van der Waals surface area contributed by atoms with E-state index in [1.54, 1.807) is 12.1 Å². The largest absolute Gasteiger partial charge is 0.374 e. The Bertz CT molecular complexity index is 462. The molecule has 2 aliphatic heterocycles. The van der Waals surface area contributed by atoms with Crippen LogP contribution >= 0.6 is 11.8 Å². The van der Waals surface area contributed by atoms with Gasteiger partial charge in [-0.25, -0.2) is 4.39 Å². The van der Waals surface area contributed by atoms with Gasteiger partial charge in [-0.15, -0.1) is 0 Å². The van der Waals surface area contributed by atoms with Crippen molar-refractivity contribution in [3.63, 3.8) is 0 Å². The molecule has 3 rings (SSSR count). The highest BCUT2D eigenvalue weighted by Gasteiger charge is 2.40. The molecule has 1 aromatic rings. The van der Waals surface area contributed by atoms with E-state index in [1.165, 1.54) is 18.2 Å². The first-order valence-corrected chi connectivity index (χ1v) is 8.56. The molecule has 0 aliphatic carbocycles. The number of nitrogens with one attached hydrogen (secondary N) is 1. The lowest BCUT2D eigenvalue weighted by Gasteiger charge is -2.39. The summed E-state index contributed by atoms with van der Waals surface area (Å²) in [5.41, 5.74) is 1.12. The third kappa shape index (κ3) is 3.18. The number of hydrogen-bond acceptors (Lipinski definition) is 3. The molecule has 2 heterocycles. The fraction of sp³-hybridized carbons (Fsp3) is 0.625. The lowest BCUT2D eigenvalue weighted by Crippen LogP contribution is -2.47. The van der Waals surface area contributed by atoms with Crippen LogP contribution in [0.3, 0.4) is 0 Å². The molecule has 0 saturated carbocycles.